The molecule has 198 valence electrons. The van der Waals surface area contributed by atoms with Gasteiger partial charge in [-0.3, -0.25) is 14.9 Å². The van der Waals surface area contributed by atoms with E-state index in [0.717, 1.165) is 11.4 Å². The van der Waals surface area contributed by atoms with Gasteiger partial charge in [0.15, 0.2) is 11.2 Å². The van der Waals surface area contributed by atoms with Crippen LogP contribution in [0.4, 0.5) is 11.4 Å². The van der Waals surface area contributed by atoms with Crippen molar-refractivity contribution in [1.82, 2.24) is 10.2 Å². The molecule has 1 atom stereocenters. The van der Waals surface area contributed by atoms with Crippen LogP contribution in [0.15, 0.2) is 66.7 Å². The summed E-state index contributed by atoms with van der Waals surface area (Å²) in [5.41, 5.74) is 2.27. The van der Waals surface area contributed by atoms with Crippen LogP contribution >= 0.6 is 47.0 Å². The smallest absolute Gasteiger partial charge is 0.266 e. The van der Waals surface area contributed by atoms with E-state index in [0.29, 0.717) is 52.6 Å². The number of thiocarbonyl (C=S) groups is 1. The SMILES string of the molecule is CC(Oc1ccc(Cl)cc1Cl)C(=O)NC(=S)Nc1ccccc1N1CCN(C(=O)c2ccc(Cl)cc2)CC1. The van der Waals surface area contributed by atoms with Gasteiger partial charge in [0.25, 0.3) is 11.8 Å². The molecular weight excluding hydrogens is 567 g/mol. The Labute approximate surface area is 241 Å². The van der Waals surface area contributed by atoms with Gasteiger partial charge in [-0.1, -0.05) is 46.9 Å². The molecule has 11 heteroatoms. The first-order chi connectivity index (χ1) is 18.2. The number of carbonyl (C=O) groups is 2. The van der Waals surface area contributed by atoms with Crippen molar-refractivity contribution in [3.05, 3.63) is 87.4 Å². The minimum atomic E-state index is -0.852. The molecular formula is C27H25Cl3N4O3S. The Hall–Kier alpha value is -3.04. The average Bonchev–Trinajstić information content (AvgIpc) is 2.90. The van der Waals surface area contributed by atoms with Crippen molar-refractivity contribution in [1.29, 1.82) is 0 Å². The predicted molar refractivity (Wildman–Crippen MR) is 157 cm³/mol. The summed E-state index contributed by atoms with van der Waals surface area (Å²) in [6.07, 6.45) is -0.852. The van der Waals surface area contributed by atoms with Crippen LogP contribution in [0.5, 0.6) is 5.75 Å². The van der Waals surface area contributed by atoms with Crippen molar-refractivity contribution in [2.45, 2.75) is 13.0 Å². The number of para-hydroxylation sites is 2. The van der Waals surface area contributed by atoms with Crippen molar-refractivity contribution in [2.75, 3.05) is 36.4 Å². The van der Waals surface area contributed by atoms with E-state index in [9.17, 15) is 9.59 Å². The largest absolute Gasteiger partial charge is 0.479 e. The first kappa shape index (κ1) is 28.0. The van der Waals surface area contributed by atoms with Crippen molar-refractivity contribution >= 4 is 75.3 Å². The second kappa shape index (κ2) is 12.7. The number of nitrogens with zero attached hydrogens (tertiary/aromatic N) is 2. The summed E-state index contributed by atoms with van der Waals surface area (Å²) in [5, 5.41) is 7.28. The number of nitrogens with one attached hydrogen (secondary N) is 2. The second-order valence-electron chi connectivity index (χ2n) is 8.58. The third-order valence-corrected chi connectivity index (χ3v) is 6.94. The number of benzene rings is 3. The van der Waals surface area contributed by atoms with Crippen LogP contribution in [0.2, 0.25) is 15.1 Å². The van der Waals surface area contributed by atoms with Crippen molar-refractivity contribution in [3.63, 3.8) is 0 Å². The highest BCUT2D eigenvalue weighted by Gasteiger charge is 2.24. The fraction of sp³-hybridized carbons (Fsp3) is 0.222. The molecule has 3 aromatic rings. The van der Waals surface area contributed by atoms with Gasteiger partial charge >= 0.3 is 0 Å². The van der Waals surface area contributed by atoms with E-state index in [1.54, 1.807) is 49.4 Å². The lowest BCUT2D eigenvalue weighted by atomic mass is 10.1. The molecule has 0 saturated carbocycles. The molecule has 1 unspecified atom stereocenters. The Morgan fingerprint density at radius 2 is 1.58 bits per heavy atom. The Morgan fingerprint density at radius 1 is 0.921 bits per heavy atom. The fourth-order valence-corrected chi connectivity index (χ4v) is 4.75. The highest BCUT2D eigenvalue weighted by Crippen LogP contribution is 2.29. The standard InChI is InChI=1S/C27H25Cl3N4O3S/c1-17(37-24-11-10-20(29)16-21(24)30)25(35)32-27(38)31-22-4-2-3-5-23(22)33-12-14-34(15-13-33)26(36)18-6-8-19(28)9-7-18/h2-11,16-17H,12-15H2,1H3,(H2,31,32,35,38). The maximum absolute atomic E-state index is 12.8. The van der Waals surface area contributed by atoms with E-state index in [-0.39, 0.29) is 11.0 Å². The summed E-state index contributed by atoms with van der Waals surface area (Å²) in [6, 6.07) is 19.3. The Kier molecular flexibility index (Phi) is 9.33. The van der Waals surface area contributed by atoms with Gasteiger partial charge in [0.1, 0.15) is 5.75 Å². The van der Waals surface area contributed by atoms with Crippen LogP contribution in [0.1, 0.15) is 17.3 Å². The quantitative estimate of drug-likeness (QED) is 0.348. The molecule has 2 N–H and O–H groups in total. The molecule has 1 aliphatic heterocycles. The van der Waals surface area contributed by atoms with Crippen molar-refractivity contribution < 1.29 is 14.3 Å². The Morgan fingerprint density at radius 3 is 2.26 bits per heavy atom. The van der Waals surface area contributed by atoms with Crippen LogP contribution in [0.25, 0.3) is 0 Å². The molecule has 38 heavy (non-hydrogen) atoms. The number of hydrogen-bond acceptors (Lipinski definition) is 5. The molecule has 4 rings (SSSR count). The zero-order valence-electron chi connectivity index (χ0n) is 20.4. The molecule has 3 aromatic carbocycles. The third kappa shape index (κ3) is 7.08. The number of amides is 2. The topological polar surface area (TPSA) is 73.9 Å². The maximum Gasteiger partial charge on any atom is 0.266 e. The molecule has 1 fully saturated rings. The van der Waals surface area contributed by atoms with Gasteiger partial charge in [-0.2, -0.15) is 0 Å². The van der Waals surface area contributed by atoms with Gasteiger partial charge < -0.3 is 19.9 Å². The molecule has 7 nitrogen and oxygen atoms in total. The number of carbonyl (C=O) groups excluding carboxylic acids is 2. The van der Waals surface area contributed by atoms with Gasteiger partial charge in [0.2, 0.25) is 0 Å². The van der Waals surface area contributed by atoms with Crippen LogP contribution < -0.4 is 20.3 Å². The molecule has 1 heterocycles. The summed E-state index contributed by atoms with van der Waals surface area (Å²) < 4.78 is 5.66. The lowest BCUT2D eigenvalue weighted by molar-refractivity contribution is -0.125. The highest BCUT2D eigenvalue weighted by atomic mass is 35.5. The van der Waals surface area contributed by atoms with E-state index in [1.807, 2.05) is 29.2 Å². The zero-order valence-corrected chi connectivity index (χ0v) is 23.5. The molecule has 0 bridgehead atoms. The monoisotopic (exact) mass is 590 g/mol. The summed E-state index contributed by atoms with van der Waals surface area (Å²) in [4.78, 5) is 29.5. The molecule has 0 radical (unpaired) electrons. The number of halogens is 3. The molecule has 1 saturated heterocycles. The molecule has 0 aliphatic carbocycles. The lowest BCUT2D eigenvalue weighted by Crippen LogP contribution is -2.49. The minimum absolute atomic E-state index is 0.0205. The highest BCUT2D eigenvalue weighted by molar-refractivity contribution is 7.80. The van der Waals surface area contributed by atoms with Gasteiger partial charge in [0.05, 0.1) is 16.4 Å². The summed E-state index contributed by atoms with van der Waals surface area (Å²) >= 11 is 23.4. The Bertz CT molecular complexity index is 1330. The lowest BCUT2D eigenvalue weighted by Gasteiger charge is -2.37. The van der Waals surface area contributed by atoms with Crippen LogP contribution in [0, 0.1) is 0 Å². The number of rotatable bonds is 6. The van der Waals surface area contributed by atoms with E-state index in [4.69, 9.17) is 51.8 Å². The number of piperazine rings is 1. The maximum atomic E-state index is 12.8. The normalized spacial score (nSPS) is 14.0. The van der Waals surface area contributed by atoms with E-state index < -0.39 is 12.0 Å². The first-order valence-electron chi connectivity index (χ1n) is 11.8. The summed E-state index contributed by atoms with van der Waals surface area (Å²) in [5.74, 6) is -0.107. The van der Waals surface area contributed by atoms with Crippen LogP contribution in [-0.2, 0) is 4.79 Å². The van der Waals surface area contributed by atoms with Gasteiger partial charge in [-0.25, -0.2) is 0 Å². The third-order valence-electron chi connectivity index (χ3n) is 5.95. The van der Waals surface area contributed by atoms with E-state index in [1.165, 1.54) is 0 Å². The molecule has 0 spiro atoms. The van der Waals surface area contributed by atoms with Gasteiger partial charge in [-0.05, 0) is 73.7 Å². The van der Waals surface area contributed by atoms with Crippen LogP contribution in [0.3, 0.4) is 0 Å². The van der Waals surface area contributed by atoms with Crippen molar-refractivity contribution in [3.8, 4) is 5.75 Å². The van der Waals surface area contributed by atoms with Crippen LogP contribution in [-0.4, -0.2) is 54.1 Å². The average molecular weight is 592 g/mol. The minimum Gasteiger partial charge on any atom is -0.479 e. The summed E-state index contributed by atoms with van der Waals surface area (Å²) in [7, 11) is 0. The van der Waals surface area contributed by atoms with Gasteiger partial charge in [0, 0.05) is 41.8 Å². The molecule has 0 aromatic heterocycles. The Balaban J connectivity index is 1.33. The summed E-state index contributed by atoms with van der Waals surface area (Å²) in [6.45, 7) is 4.02. The second-order valence-corrected chi connectivity index (χ2v) is 10.3. The van der Waals surface area contributed by atoms with Crippen molar-refractivity contribution in [2.24, 2.45) is 0 Å². The predicted octanol–water partition coefficient (Wildman–Crippen LogP) is 5.89. The molecule has 1 aliphatic rings. The van der Waals surface area contributed by atoms with Gasteiger partial charge in [-0.15, -0.1) is 0 Å². The number of ether oxygens (including phenoxy) is 1. The fourth-order valence-electron chi connectivity index (χ4n) is 3.96. The van der Waals surface area contributed by atoms with E-state index >= 15 is 0 Å². The van der Waals surface area contributed by atoms with E-state index in [2.05, 4.69) is 15.5 Å². The zero-order chi connectivity index (χ0) is 27.2. The first-order valence-corrected chi connectivity index (χ1v) is 13.4. The number of hydrogen-bond donors (Lipinski definition) is 2. The number of anilines is 2. The molecule has 2 amide bonds.